The summed E-state index contributed by atoms with van der Waals surface area (Å²) < 4.78 is 53.5. The van der Waals surface area contributed by atoms with Gasteiger partial charge in [0.25, 0.3) is 10.0 Å². The predicted octanol–water partition coefficient (Wildman–Crippen LogP) is 3.36. The van der Waals surface area contributed by atoms with Crippen LogP contribution in [0.3, 0.4) is 0 Å². The van der Waals surface area contributed by atoms with Crippen LogP contribution in [0, 0.1) is 11.6 Å². The zero-order valence-electron chi connectivity index (χ0n) is 14.1. The maximum absolute atomic E-state index is 13.6. The highest BCUT2D eigenvalue weighted by molar-refractivity contribution is 7.92. The molecule has 0 bridgehead atoms. The first kappa shape index (κ1) is 19.6. The van der Waals surface area contributed by atoms with Gasteiger partial charge in [0.1, 0.15) is 11.6 Å². The van der Waals surface area contributed by atoms with E-state index in [9.17, 15) is 17.2 Å². The largest absolute Gasteiger partial charge is 0.332 e. The molecule has 1 heterocycles. The van der Waals surface area contributed by atoms with Crippen LogP contribution in [0.2, 0.25) is 0 Å². The molecule has 144 valence electrons. The van der Waals surface area contributed by atoms with Gasteiger partial charge >= 0.3 is 0 Å². The van der Waals surface area contributed by atoms with Gasteiger partial charge < -0.3 is 10.6 Å². The van der Waals surface area contributed by atoms with E-state index in [1.807, 2.05) is 0 Å². The second-order valence-corrected chi connectivity index (χ2v) is 7.50. The van der Waals surface area contributed by atoms with Gasteiger partial charge in [-0.25, -0.2) is 31.9 Å². The molecule has 0 saturated heterocycles. The molecule has 0 atom stereocenters. The Morgan fingerprint density at radius 3 is 2.29 bits per heavy atom. The summed E-state index contributed by atoms with van der Waals surface area (Å²) in [5.74, 6) is -1.54. The fourth-order valence-corrected chi connectivity index (χ4v) is 3.31. The van der Waals surface area contributed by atoms with Gasteiger partial charge in [-0.2, -0.15) is 0 Å². The Kier molecular flexibility index (Phi) is 5.76. The van der Waals surface area contributed by atoms with Crippen LogP contribution in [0.15, 0.2) is 65.8 Å². The average Bonchev–Trinajstić information content (AvgIpc) is 2.65. The zero-order valence-corrected chi connectivity index (χ0v) is 15.7. The third-order valence-corrected chi connectivity index (χ3v) is 4.94. The lowest BCUT2D eigenvalue weighted by Gasteiger charge is -2.12. The normalized spacial score (nSPS) is 10.9. The fraction of sp³-hybridized carbons (Fsp3) is 0. The molecule has 0 radical (unpaired) electrons. The summed E-state index contributed by atoms with van der Waals surface area (Å²) in [7, 11) is -3.85. The van der Waals surface area contributed by atoms with Crippen molar-refractivity contribution in [2.75, 3.05) is 15.4 Å². The molecule has 0 unspecified atom stereocenters. The molecular formula is C17H13F2N5O2S2. The standard InChI is InChI=1S/C17H13F2N5O2S2/c18-11-2-7-15(14(19)10-11)23-17(27)22-12-3-5-13(6-4-12)28(25,26)24-16-20-8-1-9-21-16/h1-10H,(H,20,21,24)(H2,22,23,27). The van der Waals surface area contributed by atoms with E-state index < -0.39 is 21.7 Å². The van der Waals surface area contributed by atoms with Gasteiger partial charge in [-0.05, 0) is 54.7 Å². The van der Waals surface area contributed by atoms with Gasteiger partial charge in [0.05, 0.1) is 10.6 Å². The van der Waals surface area contributed by atoms with Gasteiger partial charge in [0, 0.05) is 24.1 Å². The number of halogens is 2. The van der Waals surface area contributed by atoms with E-state index in [0.29, 0.717) is 5.69 Å². The van der Waals surface area contributed by atoms with Gasteiger partial charge in [-0.1, -0.05) is 0 Å². The molecule has 0 amide bonds. The molecule has 3 N–H and O–H groups in total. The van der Waals surface area contributed by atoms with Crippen LogP contribution in [0.4, 0.5) is 26.1 Å². The summed E-state index contributed by atoms with van der Waals surface area (Å²) >= 11 is 5.07. The van der Waals surface area contributed by atoms with Crippen LogP contribution >= 0.6 is 12.2 Å². The number of nitrogens with zero attached hydrogens (tertiary/aromatic N) is 2. The van der Waals surface area contributed by atoms with Crippen molar-refractivity contribution in [3.63, 3.8) is 0 Å². The smallest absolute Gasteiger partial charge is 0.264 e. The van der Waals surface area contributed by atoms with E-state index in [2.05, 4.69) is 25.3 Å². The summed E-state index contributed by atoms with van der Waals surface area (Å²) in [5.41, 5.74) is 0.472. The highest BCUT2D eigenvalue weighted by atomic mass is 32.2. The lowest BCUT2D eigenvalue weighted by molar-refractivity contribution is 0.586. The quantitative estimate of drug-likeness (QED) is 0.544. The summed E-state index contributed by atoms with van der Waals surface area (Å²) in [6.45, 7) is 0. The van der Waals surface area contributed by atoms with Crippen molar-refractivity contribution >= 4 is 44.7 Å². The SMILES string of the molecule is O=S(=O)(Nc1ncccn1)c1ccc(NC(=S)Nc2ccc(F)cc2F)cc1. The van der Waals surface area contributed by atoms with Crippen molar-refractivity contribution in [3.05, 3.63) is 72.6 Å². The molecule has 0 spiro atoms. The zero-order chi connectivity index (χ0) is 20.1. The third-order valence-electron chi connectivity index (χ3n) is 3.39. The predicted molar refractivity (Wildman–Crippen MR) is 105 cm³/mol. The van der Waals surface area contributed by atoms with E-state index in [4.69, 9.17) is 12.2 Å². The maximum Gasteiger partial charge on any atom is 0.264 e. The second-order valence-electron chi connectivity index (χ2n) is 5.41. The molecular weight excluding hydrogens is 408 g/mol. The number of hydrogen-bond donors (Lipinski definition) is 3. The first-order valence-corrected chi connectivity index (χ1v) is 9.65. The summed E-state index contributed by atoms with van der Waals surface area (Å²) in [6, 6.07) is 10.3. The number of hydrogen-bond acceptors (Lipinski definition) is 5. The van der Waals surface area contributed by atoms with E-state index in [-0.39, 0.29) is 21.6 Å². The van der Waals surface area contributed by atoms with Crippen LogP contribution < -0.4 is 15.4 Å². The molecule has 0 fully saturated rings. The van der Waals surface area contributed by atoms with E-state index in [1.165, 1.54) is 42.7 Å². The van der Waals surface area contributed by atoms with Gasteiger partial charge in [0.2, 0.25) is 5.95 Å². The number of sulfonamides is 1. The molecule has 0 aliphatic rings. The first-order valence-electron chi connectivity index (χ1n) is 7.76. The summed E-state index contributed by atoms with van der Waals surface area (Å²) in [5, 5.41) is 5.43. The van der Waals surface area contributed by atoms with Crippen molar-refractivity contribution in [1.82, 2.24) is 9.97 Å². The fourth-order valence-electron chi connectivity index (χ4n) is 2.12. The lowest BCUT2D eigenvalue weighted by Crippen LogP contribution is -2.20. The Morgan fingerprint density at radius 1 is 0.964 bits per heavy atom. The third kappa shape index (κ3) is 4.96. The Labute approximate surface area is 164 Å². The number of benzene rings is 2. The van der Waals surface area contributed by atoms with Crippen molar-refractivity contribution < 1.29 is 17.2 Å². The minimum Gasteiger partial charge on any atom is -0.332 e. The molecule has 11 heteroatoms. The van der Waals surface area contributed by atoms with Gasteiger partial charge in [0.15, 0.2) is 5.11 Å². The lowest BCUT2D eigenvalue weighted by atomic mass is 10.3. The van der Waals surface area contributed by atoms with Crippen LogP contribution in [0.1, 0.15) is 0 Å². The number of nitrogens with one attached hydrogen (secondary N) is 3. The highest BCUT2D eigenvalue weighted by Gasteiger charge is 2.15. The Morgan fingerprint density at radius 2 is 1.64 bits per heavy atom. The Balaban J connectivity index is 1.66. The topological polar surface area (TPSA) is 96.0 Å². The molecule has 3 rings (SSSR count). The average molecular weight is 421 g/mol. The van der Waals surface area contributed by atoms with Crippen molar-refractivity contribution in [2.45, 2.75) is 4.90 Å². The Bertz CT molecular complexity index is 1090. The Hall–Kier alpha value is -3.18. The van der Waals surface area contributed by atoms with Gasteiger partial charge in [-0.3, -0.25) is 0 Å². The summed E-state index contributed by atoms with van der Waals surface area (Å²) in [6.07, 6.45) is 2.82. The number of aromatic nitrogens is 2. The van der Waals surface area contributed by atoms with Crippen LogP contribution in [0.5, 0.6) is 0 Å². The van der Waals surface area contributed by atoms with Crippen LogP contribution in [0.25, 0.3) is 0 Å². The van der Waals surface area contributed by atoms with Gasteiger partial charge in [-0.15, -0.1) is 0 Å². The molecule has 0 saturated carbocycles. The minimum absolute atomic E-state index is 0.00478. The summed E-state index contributed by atoms with van der Waals surface area (Å²) in [4.78, 5) is 7.61. The molecule has 0 aliphatic carbocycles. The molecule has 1 aromatic heterocycles. The number of anilines is 3. The first-order chi connectivity index (χ1) is 13.3. The molecule has 28 heavy (non-hydrogen) atoms. The minimum atomic E-state index is -3.85. The molecule has 0 aliphatic heterocycles. The van der Waals surface area contributed by atoms with E-state index >= 15 is 0 Å². The molecule has 3 aromatic rings. The van der Waals surface area contributed by atoms with E-state index in [0.717, 1.165) is 12.1 Å². The number of rotatable bonds is 5. The van der Waals surface area contributed by atoms with Crippen molar-refractivity contribution in [3.8, 4) is 0 Å². The maximum atomic E-state index is 13.6. The van der Waals surface area contributed by atoms with E-state index in [1.54, 1.807) is 6.07 Å². The number of thiocarbonyl (C=S) groups is 1. The van der Waals surface area contributed by atoms with Crippen molar-refractivity contribution in [1.29, 1.82) is 0 Å². The second kappa shape index (κ2) is 8.23. The van der Waals surface area contributed by atoms with Crippen LogP contribution in [-0.2, 0) is 10.0 Å². The van der Waals surface area contributed by atoms with Crippen LogP contribution in [-0.4, -0.2) is 23.5 Å². The molecule has 7 nitrogen and oxygen atoms in total. The molecule has 2 aromatic carbocycles. The van der Waals surface area contributed by atoms with Crippen molar-refractivity contribution in [2.24, 2.45) is 0 Å². The monoisotopic (exact) mass is 421 g/mol. The highest BCUT2D eigenvalue weighted by Crippen LogP contribution is 2.18.